The van der Waals surface area contributed by atoms with Crippen LogP contribution in [-0.2, 0) is 22.6 Å². The fourth-order valence-corrected chi connectivity index (χ4v) is 5.47. The molecule has 3 heterocycles. The molecule has 0 unspecified atom stereocenters. The number of benzene rings is 1. The van der Waals surface area contributed by atoms with Gasteiger partial charge in [0.1, 0.15) is 4.70 Å². The van der Waals surface area contributed by atoms with Gasteiger partial charge in [0, 0.05) is 37.0 Å². The lowest BCUT2D eigenvalue weighted by Gasteiger charge is -2.33. The van der Waals surface area contributed by atoms with Crippen LogP contribution in [0.2, 0.25) is 0 Å². The molecule has 1 aliphatic rings. The van der Waals surface area contributed by atoms with Gasteiger partial charge in [-0.3, -0.25) is 14.2 Å². The van der Waals surface area contributed by atoms with Crippen molar-refractivity contribution >= 4 is 33.5 Å². The fourth-order valence-electron chi connectivity index (χ4n) is 4.45. The maximum Gasteiger partial charge on any atom is 0.305 e. The molecule has 2 aromatic heterocycles. The minimum atomic E-state index is -0.186. The van der Waals surface area contributed by atoms with Crippen molar-refractivity contribution in [1.82, 2.24) is 14.9 Å². The van der Waals surface area contributed by atoms with E-state index in [1.165, 1.54) is 11.3 Å². The van der Waals surface area contributed by atoms with E-state index in [2.05, 4.69) is 16.3 Å². The average Bonchev–Trinajstić information content (AvgIpc) is 3.29. The molecular weight excluding hydrogens is 476 g/mol. The Hall–Kier alpha value is -3.26. The number of carbonyl (C=O) groups is 1. The van der Waals surface area contributed by atoms with Crippen LogP contribution in [0.5, 0.6) is 0 Å². The molecule has 1 saturated heterocycles. The molecule has 4 rings (SSSR count). The quantitative estimate of drug-likeness (QED) is 0.316. The number of thiophene rings is 1. The number of aromatic nitrogens is 2. The summed E-state index contributed by atoms with van der Waals surface area (Å²) in [6, 6.07) is 11.6. The van der Waals surface area contributed by atoms with Crippen molar-refractivity contribution in [3.05, 3.63) is 56.7 Å². The number of hydrogen-bond acceptors (Lipinski definition) is 9. The van der Waals surface area contributed by atoms with E-state index in [1.54, 1.807) is 17.6 Å². The summed E-state index contributed by atoms with van der Waals surface area (Å²) >= 11 is 1.43. The number of rotatable bonds is 10. The van der Waals surface area contributed by atoms with Crippen LogP contribution in [0.4, 0.5) is 5.95 Å². The van der Waals surface area contributed by atoms with Gasteiger partial charge in [-0.2, -0.15) is 5.26 Å². The van der Waals surface area contributed by atoms with Crippen molar-refractivity contribution in [3.8, 4) is 6.07 Å². The van der Waals surface area contributed by atoms with Gasteiger partial charge < -0.3 is 20.7 Å². The predicted molar refractivity (Wildman–Crippen MR) is 141 cm³/mol. The molecule has 0 bridgehead atoms. The summed E-state index contributed by atoms with van der Waals surface area (Å²) in [7, 11) is 0. The third kappa shape index (κ3) is 6.10. The number of nitriles is 1. The van der Waals surface area contributed by atoms with E-state index in [1.807, 2.05) is 24.3 Å². The molecule has 1 fully saturated rings. The van der Waals surface area contributed by atoms with Crippen LogP contribution >= 0.6 is 11.3 Å². The summed E-state index contributed by atoms with van der Waals surface area (Å²) in [5.74, 6) is 0.413. The van der Waals surface area contributed by atoms with Crippen LogP contribution in [0, 0.1) is 11.3 Å². The highest BCUT2D eigenvalue weighted by Crippen LogP contribution is 2.26. The lowest BCUT2D eigenvalue weighted by molar-refractivity contribution is -0.143. The third-order valence-electron chi connectivity index (χ3n) is 6.21. The lowest BCUT2D eigenvalue weighted by Crippen LogP contribution is -2.45. The number of piperidine rings is 1. The van der Waals surface area contributed by atoms with Crippen molar-refractivity contribution < 1.29 is 9.53 Å². The Labute approximate surface area is 214 Å². The Bertz CT molecular complexity index is 1310. The molecular formula is C26H32N6O3S. The molecule has 1 aliphatic heterocycles. The van der Waals surface area contributed by atoms with E-state index >= 15 is 0 Å². The summed E-state index contributed by atoms with van der Waals surface area (Å²) in [4.78, 5) is 33.2. The van der Waals surface area contributed by atoms with Crippen LogP contribution in [0.15, 0.2) is 35.1 Å². The van der Waals surface area contributed by atoms with Gasteiger partial charge in [0.25, 0.3) is 5.56 Å². The largest absolute Gasteiger partial charge is 0.466 e. The second-order valence-corrected chi connectivity index (χ2v) is 10.1. The molecule has 0 amide bonds. The predicted octanol–water partition coefficient (Wildman–Crippen LogP) is 2.74. The van der Waals surface area contributed by atoms with Gasteiger partial charge in [0.05, 0.1) is 30.3 Å². The van der Waals surface area contributed by atoms with Crippen molar-refractivity contribution in [1.29, 1.82) is 5.26 Å². The Morgan fingerprint density at radius 2 is 2.22 bits per heavy atom. The zero-order chi connectivity index (χ0) is 25.5. The normalized spacial score (nSPS) is 15.7. The maximum atomic E-state index is 13.7. The molecule has 3 N–H and O–H groups in total. The Morgan fingerprint density at radius 1 is 1.39 bits per heavy atom. The smallest absolute Gasteiger partial charge is 0.305 e. The van der Waals surface area contributed by atoms with Gasteiger partial charge in [-0.05, 0) is 50.4 Å². The minimum absolute atomic E-state index is 0.0306. The first kappa shape index (κ1) is 25.8. The number of fused-ring (bicyclic) bond motifs is 1. The highest BCUT2D eigenvalue weighted by Gasteiger charge is 2.24. The first-order valence-corrected chi connectivity index (χ1v) is 13.2. The van der Waals surface area contributed by atoms with E-state index in [4.69, 9.17) is 15.5 Å². The molecule has 1 atom stereocenters. The van der Waals surface area contributed by atoms with E-state index in [0.717, 1.165) is 29.8 Å². The molecule has 36 heavy (non-hydrogen) atoms. The molecule has 9 nitrogen and oxygen atoms in total. The lowest BCUT2D eigenvalue weighted by atomic mass is 10.1. The molecule has 190 valence electrons. The SMILES string of the molecule is CCOC(=O)CCCNCc1cc2nc(N3CCC[C@@H](N)C3)n(Cc3ccccc3C#N)c(=O)c2s1. The van der Waals surface area contributed by atoms with Gasteiger partial charge in [-0.25, -0.2) is 4.98 Å². The number of hydrogen-bond donors (Lipinski definition) is 2. The third-order valence-corrected chi connectivity index (χ3v) is 7.32. The second-order valence-electron chi connectivity index (χ2n) is 8.93. The number of nitrogens with zero attached hydrogens (tertiary/aromatic N) is 4. The minimum Gasteiger partial charge on any atom is -0.466 e. The van der Waals surface area contributed by atoms with E-state index in [9.17, 15) is 14.9 Å². The van der Waals surface area contributed by atoms with Crippen molar-refractivity contribution in [3.63, 3.8) is 0 Å². The standard InChI is InChI=1S/C26H32N6O3S/c1-2-35-23(33)10-5-11-29-15-21-13-22-24(36-21)25(34)32(16-19-8-4-3-7-18(19)14-27)26(30-22)31-12-6-9-20(28)17-31/h3-4,7-8,13,20,29H,2,5-6,9-12,15-17,28H2,1H3/t20-/m1/s1. The first-order valence-electron chi connectivity index (χ1n) is 12.4. The number of carbonyl (C=O) groups excluding carboxylic acids is 1. The second kappa shape index (κ2) is 12.1. The highest BCUT2D eigenvalue weighted by atomic mass is 32.1. The molecule has 10 heteroatoms. The number of esters is 1. The maximum absolute atomic E-state index is 13.7. The van der Waals surface area contributed by atoms with Crippen molar-refractivity contribution in [2.45, 2.75) is 51.7 Å². The topological polar surface area (TPSA) is 126 Å². The van der Waals surface area contributed by atoms with Gasteiger partial charge in [0.2, 0.25) is 5.95 Å². The zero-order valence-corrected chi connectivity index (χ0v) is 21.4. The number of ether oxygens (including phenoxy) is 1. The highest BCUT2D eigenvalue weighted by molar-refractivity contribution is 7.18. The van der Waals surface area contributed by atoms with Crippen LogP contribution in [0.1, 0.15) is 48.6 Å². The summed E-state index contributed by atoms with van der Waals surface area (Å²) in [5.41, 5.74) is 8.14. The van der Waals surface area contributed by atoms with Crippen LogP contribution < -0.4 is 21.5 Å². The van der Waals surface area contributed by atoms with Crippen LogP contribution in [0.25, 0.3) is 10.2 Å². The molecule has 3 aromatic rings. The zero-order valence-electron chi connectivity index (χ0n) is 20.5. The summed E-state index contributed by atoms with van der Waals surface area (Å²) < 4.78 is 7.24. The van der Waals surface area contributed by atoms with Gasteiger partial charge in [-0.1, -0.05) is 18.2 Å². The number of nitrogens with two attached hydrogens (primary N) is 1. The van der Waals surface area contributed by atoms with E-state index in [0.29, 0.717) is 60.8 Å². The fraction of sp³-hybridized carbons (Fsp3) is 0.462. The van der Waals surface area contributed by atoms with Gasteiger partial charge in [-0.15, -0.1) is 11.3 Å². The van der Waals surface area contributed by atoms with E-state index < -0.39 is 0 Å². The molecule has 0 spiro atoms. The summed E-state index contributed by atoms with van der Waals surface area (Å²) in [6.07, 6.45) is 2.95. The molecule has 0 radical (unpaired) electrons. The molecule has 1 aromatic carbocycles. The van der Waals surface area contributed by atoms with Gasteiger partial charge >= 0.3 is 5.97 Å². The monoisotopic (exact) mass is 508 g/mol. The Kier molecular flexibility index (Phi) is 8.70. The Balaban J connectivity index is 1.60. The summed E-state index contributed by atoms with van der Waals surface area (Å²) in [5, 5.41) is 12.9. The van der Waals surface area contributed by atoms with Crippen LogP contribution in [0.3, 0.4) is 0 Å². The number of nitrogens with one attached hydrogen (secondary N) is 1. The van der Waals surface area contributed by atoms with Crippen molar-refractivity contribution in [2.24, 2.45) is 5.73 Å². The Morgan fingerprint density at radius 3 is 3.00 bits per heavy atom. The van der Waals surface area contributed by atoms with Crippen LogP contribution in [-0.4, -0.2) is 47.8 Å². The van der Waals surface area contributed by atoms with Gasteiger partial charge in [0.15, 0.2) is 0 Å². The first-order chi connectivity index (χ1) is 17.5. The van der Waals surface area contributed by atoms with Crippen molar-refractivity contribution in [2.75, 3.05) is 31.1 Å². The summed E-state index contributed by atoms with van der Waals surface area (Å²) in [6.45, 7) is 5.14. The molecule has 0 saturated carbocycles. The average molecular weight is 509 g/mol. The number of anilines is 1. The van der Waals surface area contributed by atoms with E-state index in [-0.39, 0.29) is 24.1 Å². The molecule has 0 aliphatic carbocycles.